The Morgan fingerprint density at radius 1 is 1.29 bits per heavy atom. The van der Waals surface area contributed by atoms with Crippen molar-refractivity contribution in [2.45, 2.75) is 59.0 Å². The van der Waals surface area contributed by atoms with Gasteiger partial charge in [0.05, 0.1) is 0 Å². The maximum Gasteiger partial charge on any atom is 0.410 e. The molecule has 1 aromatic rings. The van der Waals surface area contributed by atoms with Gasteiger partial charge in [0.15, 0.2) is 0 Å². The average molecular weight is 354 g/mol. The monoisotopic (exact) mass is 354 g/mol. The third-order valence-electron chi connectivity index (χ3n) is 3.76. The Bertz CT molecular complexity index is 574. The summed E-state index contributed by atoms with van der Waals surface area (Å²) in [6.45, 7) is 8.85. The second-order valence-electron chi connectivity index (χ2n) is 7.02. The van der Waals surface area contributed by atoms with E-state index < -0.39 is 5.60 Å². The van der Waals surface area contributed by atoms with Crippen LogP contribution in [0.1, 0.15) is 52.0 Å². The van der Waals surface area contributed by atoms with Crippen LogP contribution in [0, 0.1) is 5.92 Å². The molecule has 7 nitrogen and oxygen atoms in total. The third-order valence-corrected chi connectivity index (χ3v) is 4.74. The Balaban J connectivity index is 1.74. The van der Waals surface area contributed by atoms with E-state index in [9.17, 15) is 9.59 Å². The Morgan fingerprint density at radius 3 is 2.50 bits per heavy atom. The highest BCUT2D eigenvalue weighted by Gasteiger charge is 2.27. The molecular formula is C16H26N4O3S. The van der Waals surface area contributed by atoms with Gasteiger partial charge in [0, 0.05) is 19.5 Å². The number of hydrogen-bond donors (Lipinski definition) is 1. The van der Waals surface area contributed by atoms with E-state index >= 15 is 0 Å². The number of piperidine rings is 1. The van der Waals surface area contributed by atoms with Crippen LogP contribution < -0.4 is 5.32 Å². The molecule has 24 heavy (non-hydrogen) atoms. The fourth-order valence-electron chi connectivity index (χ4n) is 2.53. The first-order chi connectivity index (χ1) is 11.3. The summed E-state index contributed by atoms with van der Waals surface area (Å²) in [5.74, 6) is 0.242. The number of aromatic nitrogens is 2. The summed E-state index contributed by atoms with van der Waals surface area (Å²) in [6.07, 6.45) is 2.61. The normalized spacial score (nSPS) is 16.1. The number of nitrogens with zero attached hydrogens (tertiary/aromatic N) is 3. The number of nitrogens with one attached hydrogen (secondary N) is 1. The first-order valence-corrected chi connectivity index (χ1v) is 9.18. The minimum absolute atomic E-state index is 0.0375. The van der Waals surface area contributed by atoms with Crippen LogP contribution in [-0.2, 0) is 16.0 Å². The lowest BCUT2D eigenvalue weighted by Crippen LogP contribution is -2.42. The van der Waals surface area contributed by atoms with Gasteiger partial charge in [-0.25, -0.2) is 4.79 Å². The predicted octanol–water partition coefficient (Wildman–Crippen LogP) is 3.08. The Labute approximate surface area is 146 Å². The van der Waals surface area contributed by atoms with E-state index in [1.165, 1.54) is 11.3 Å². The second-order valence-corrected chi connectivity index (χ2v) is 8.08. The Kier molecular flexibility index (Phi) is 6.15. The molecule has 0 radical (unpaired) electrons. The minimum atomic E-state index is -0.479. The van der Waals surface area contributed by atoms with Crippen molar-refractivity contribution in [1.82, 2.24) is 15.1 Å². The number of hydrogen-bond acceptors (Lipinski definition) is 6. The molecule has 0 spiro atoms. The van der Waals surface area contributed by atoms with Crippen LogP contribution in [-0.4, -0.2) is 45.8 Å². The molecule has 1 N–H and O–H groups in total. The highest BCUT2D eigenvalue weighted by atomic mass is 32.1. The van der Waals surface area contributed by atoms with E-state index in [2.05, 4.69) is 15.5 Å². The van der Waals surface area contributed by atoms with E-state index in [1.54, 1.807) is 4.90 Å². The van der Waals surface area contributed by atoms with Crippen molar-refractivity contribution in [1.29, 1.82) is 0 Å². The van der Waals surface area contributed by atoms with Crippen molar-refractivity contribution in [2.75, 3.05) is 18.4 Å². The number of ether oxygens (including phenoxy) is 1. The summed E-state index contributed by atoms with van der Waals surface area (Å²) in [4.78, 5) is 25.8. The van der Waals surface area contributed by atoms with Crippen LogP contribution in [0.2, 0.25) is 0 Å². The van der Waals surface area contributed by atoms with Crippen molar-refractivity contribution in [2.24, 2.45) is 5.92 Å². The minimum Gasteiger partial charge on any atom is -0.444 e. The molecule has 0 saturated carbocycles. The third kappa shape index (κ3) is 5.74. The molecule has 1 aliphatic rings. The summed E-state index contributed by atoms with van der Waals surface area (Å²) in [5, 5.41) is 12.2. The van der Waals surface area contributed by atoms with Crippen LogP contribution in [0.25, 0.3) is 0 Å². The quantitative estimate of drug-likeness (QED) is 0.898. The van der Waals surface area contributed by atoms with E-state index in [4.69, 9.17) is 4.74 Å². The standard InChI is InChI=1S/C16H26N4O3S/c1-5-13-18-19-14(24-13)17-12(21)10-11-6-8-20(9-7-11)15(22)23-16(2,3)4/h11H,5-10H2,1-4H3,(H,17,19,21). The molecular weight excluding hydrogens is 328 g/mol. The maximum atomic E-state index is 12.1. The number of anilines is 1. The molecule has 134 valence electrons. The largest absolute Gasteiger partial charge is 0.444 e. The van der Waals surface area contributed by atoms with Gasteiger partial charge >= 0.3 is 6.09 Å². The summed E-state index contributed by atoms with van der Waals surface area (Å²) < 4.78 is 5.38. The van der Waals surface area contributed by atoms with E-state index in [-0.39, 0.29) is 17.9 Å². The summed E-state index contributed by atoms with van der Waals surface area (Å²) in [7, 11) is 0. The van der Waals surface area contributed by atoms with E-state index in [0.717, 1.165) is 24.3 Å². The van der Waals surface area contributed by atoms with E-state index in [1.807, 2.05) is 27.7 Å². The molecule has 0 aromatic carbocycles. The van der Waals surface area contributed by atoms with Crippen LogP contribution in [0.5, 0.6) is 0 Å². The fourth-order valence-corrected chi connectivity index (χ4v) is 3.22. The van der Waals surface area contributed by atoms with Crippen LogP contribution >= 0.6 is 11.3 Å². The molecule has 2 heterocycles. The van der Waals surface area contributed by atoms with Gasteiger partial charge in [-0.3, -0.25) is 4.79 Å². The van der Waals surface area contributed by atoms with Crippen molar-refractivity contribution in [3.05, 3.63) is 5.01 Å². The average Bonchev–Trinajstić information content (AvgIpc) is 2.93. The van der Waals surface area contributed by atoms with Gasteiger partial charge < -0.3 is 15.0 Å². The lowest BCUT2D eigenvalue weighted by Gasteiger charge is -2.33. The van der Waals surface area contributed by atoms with Crippen molar-refractivity contribution in [3.8, 4) is 0 Å². The Morgan fingerprint density at radius 2 is 1.96 bits per heavy atom. The zero-order valence-corrected chi connectivity index (χ0v) is 15.6. The molecule has 1 saturated heterocycles. The number of rotatable bonds is 4. The lowest BCUT2D eigenvalue weighted by molar-refractivity contribution is -0.117. The molecule has 0 atom stereocenters. The molecule has 2 amide bonds. The highest BCUT2D eigenvalue weighted by molar-refractivity contribution is 7.15. The zero-order chi connectivity index (χ0) is 17.7. The van der Waals surface area contributed by atoms with Gasteiger partial charge in [0.1, 0.15) is 10.6 Å². The molecule has 0 unspecified atom stereocenters. The molecule has 1 aromatic heterocycles. The topological polar surface area (TPSA) is 84.4 Å². The second kappa shape index (κ2) is 7.92. The van der Waals surface area contributed by atoms with Crippen molar-refractivity contribution < 1.29 is 14.3 Å². The molecule has 0 aliphatic carbocycles. The molecule has 1 fully saturated rings. The smallest absolute Gasteiger partial charge is 0.410 e. The predicted molar refractivity (Wildman–Crippen MR) is 93.1 cm³/mol. The zero-order valence-electron chi connectivity index (χ0n) is 14.8. The molecule has 1 aliphatic heterocycles. The molecule has 0 bridgehead atoms. The van der Waals surface area contributed by atoms with Gasteiger partial charge in [0.2, 0.25) is 11.0 Å². The summed E-state index contributed by atoms with van der Waals surface area (Å²) in [6, 6.07) is 0. The van der Waals surface area contributed by atoms with Crippen LogP contribution in [0.4, 0.5) is 9.93 Å². The van der Waals surface area contributed by atoms with Crippen LogP contribution in [0.3, 0.4) is 0 Å². The molecule has 2 rings (SSSR count). The Hall–Kier alpha value is -1.70. The number of likely N-dealkylation sites (tertiary alicyclic amines) is 1. The van der Waals surface area contributed by atoms with E-state index in [0.29, 0.717) is 24.6 Å². The fraction of sp³-hybridized carbons (Fsp3) is 0.750. The van der Waals surface area contributed by atoms with Crippen LogP contribution in [0.15, 0.2) is 0 Å². The number of amides is 2. The lowest BCUT2D eigenvalue weighted by atomic mass is 9.93. The number of carbonyl (C=O) groups excluding carboxylic acids is 2. The number of aryl methyl sites for hydroxylation is 1. The van der Waals surface area contributed by atoms with Gasteiger partial charge in [0.25, 0.3) is 0 Å². The first-order valence-electron chi connectivity index (χ1n) is 8.37. The van der Waals surface area contributed by atoms with Gasteiger partial charge in [-0.15, -0.1) is 10.2 Å². The molecule has 8 heteroatoms. The first kappa shape index (κ1) is 18.6. The van der Waals surface area contributed by atoms with Gasteiger partial charge in [-0.1, -0.05) is 18.3 Å². The van der Waals surface area contributed by atoms with Crippen molar-refractivity contribution in [3.63, 3.8) is 0 Å². The summed E-state index contributed by atoms with van der Waals surface area (Å²) in [5.41, 5.74) is -0.479. The van der Waals surface area contributed by atoms with Gasteiger partial charge in [-0.2, -0.15) is 0 Å². The van der Waals surface area contributed by atoms with Crippen molar-refractivity contribution >= 4 is 28.5 Å². The van der Waals surface area contributed by atoms with Gasteiger partial charge in [-0.05, 0) is 46.0 Å². The SMILES string of the molecule is CCc1nnc(NC(=O)CC2CCN(C(=O)OC(C)(C)C)CC2)s1. The maximum absolute atomic E-state index is 12.1. The summed E-state index contributed by atoms with van der Waals surface area (Å²) >= 11 is 1.41. The highest BCUT2D eigenvalue weighted by Crippen LogP contribution is 2.23. The number of carbonyl (C=O) groups is 2.